The lowest BCUT2D eigenvalue weighted by Crippen LogP contribution is -2.35. The maximum atomic E-state index is 15.4. The standard InChI is InChI=1S/C49H39FO2/c1-28-11-19-37-41(25-28)48(4,5)45-38-23-24-49(30-13-17-33(51-6)18-14-30,52-46(38)39-27-32(50)16-21-35(39)44(37)45)31-15-20-36-42(26-31)47(2,3)40-22-12-29-9-7-8-10-34(29)43(36)40/h7-27H,1-6H3. The fraction of sp³-hybridized carbons (Fsp3) is 0.184. The fourth-order valence-electron chi connectivity index (χ4n) is 9.63. The second-order valence-electron chi connectivity index (χ2n) is 15.9. The molecule has 0 saturated carbocycles. The maximum absolute atomic E-state index is 15.4. The third kappa shape index (κ3) is 4.00. The van der Waals surface area contributed by atoms with E-state index in [1.807, 2.05) is 18.2 Å². The Balaban J connectivity index is 1.24. The van der Waals surface area contributed by atoms with Crippen LogP contribution in [-0.2, 0) is 16.4 Å². The zero-order valence-electron chi connectivity index (χ0n) is 30.3. The molecule has 0 aromatic heterocycles. The van der Waals surface area contributed by atoms with Crippen LogP contribution < -0.4 is 9.47 Å². The van der Waals surface area contributed by atoms with E-state index < -0.39 is 5.60 Å². The first-order valence-electron chi connectivity index (χ1n) is 18.1. The normalized spacial score (nSPS) is 18.4. The third-order valence-electron chi connectivity index (χ3n) is 12.3. The van der Waals surface area contributed by atoms with Crippen LogP contribution in [0.15, 0.2) is 121 Å². The zero-order chi connectivity index (χ0) is 35.7. The van der Waals surface area contributed by atoms with Crippen LogP contribution in [0, 0.1) is 12.7 Å². The van der Waals surface area contributed by atoms with Crippen LogP contribution in [0.25, 0.3) is 49.9 Å². The first kappa shape index (κ1) is 31.1. The predicted octanol–water partition coefficient (Wildman–Crippen LogP) is 12.4. The van der Waals surface area contributed by atoms with Crippen molar-refractivity contribution in [2.75, 3.05) is 7.11 Å². The van der Waals surface area contributed by atoms with Gasteiger partial charge in [-0.2, -0.15) is 0 Å². The summed E-state index contributed by atoms with van der Waals surface area (Å²) in [5.41, 5.74) is 12.8. The molecule has 0 bridgehead atoms. The zero-order valence-corrected chi connectivity index (χ0v) is 30.3. The Morgan fingerprint density at radius 2 is 1.35 bits per heavy atom. The molecule has 3 aliphatic rings. The van der Waals surface area contributed by atoms with Gasteiger partial charge in [0.25, 0.3) is 0 Å². The van der Waals surface area contributed by atoms with Crippen LogP contribution in [0.3, 0.4) is 0 Å². The Morgan fingerprint density at radius 3 is 2.15 bits per heavy atom. The van der Waals surface area contributed by atoms with Crippen molar-refractivity contribution >= 4 is 27.6 Å². The summed E-state index contributed by atoms with van der Waals surface area (Å²) < 4.78 is 28.5. The topological polar surface area (TPSA) is 18.5 Å². The summed E-state index contributed by atoms with van der Waals surface area (Å²) in [6, 6.07) is 40.1. The van der Waals surface area contributed by atoms with Gasteiger partial charge < -0.3 is 9.47 Å². The van der Waals surface area contributed by atoms with E-state index in [4.69, 9.17) is 9.47 Å². The molecule has 7 aromatic rings. The van der Waals surface area contributed by atoms with Gasteiger partial charge in [0.1, 0.15) is 17.3 Å². The number of hydrogen-bond donors (Lipinski definition) is 0. The molecule has 7 aromatic carbocycles. The van der Waals surface area contributed by atoms with Crippen LogP contribution >= 0.6 is 0 Å². The molecule has 1 heterocycles. The summed E-state index contributed by atoms with van der Waals surface area (Å²) in [5, 5.41) is 4.29. The minimum atomic E-state index is -0.999. The predicted molar refractivity (Wildman–Crippen MR) is 211 cm³/mol. The average Bonchev–Trinajstić information content (AvgIpc) is 3.53. The van der Waals surface area contributed by atoms with Crippen molar-refractivity contribution in [2.45, 2.75) is 51.0 Å². The van der Waals surface area contributed by atoms with Gasteiger partial charge in [-0.1, -0.05) is 124 Å². The molecular weight excluding hydrogens is 640 g/mol. The molecule has 0 amide bonds. The number of ether oxygens (including phenoxy) is 2. The summed E-state index contributed by atoms with van der Waals surface area (Å²) in [5.74, 6) is 1.20. The van der Waals surface area contributed by atoms with Gasteiger partial charge in [0.15, 0.2) is 5.60 Å². The Labute approximate surface area is 304 Å². The Morgan fingerprint density at radius 1 is 0.615 bits per heavy atom. The molecule has 254 valence electrons. The van der Waals surface area contributed by atoms with Crippen LogP contribution in [0.1, 0.15) is 72.2 Å². The highest BCUT2D eigenvalue weighted by Crippen LogP contribution is 2.59. The quantitative estimate of drug-likeness (QED) is 0.185. The highest BCUT2D eigenvalue weighted by molar-refractivity contribution is 6.08. The van der Waals surface area contributed by atoms with Crippen LogP contribution in [0.2, 0.25) is 0 Å². The van der Waals surface area contributed by atoms with Crippen LogP contribution in [-0.4, -0.2) is 7.11 Å². The van der Waals surface area contributed by atoms with Gasteiger partial charge >= 0.3 is 0 Å². The van der Waals surface area contributed by atoms with Gasteiger partial charge in [-0.3, -0.25) is 0 Å². The average molecular weight is 679 g/mol. The van der Waals surface area contributed by atoms with E-state index in [9.17, 15) is 0 Å². The van der Waals surface area contributed by atoms with E-state index in [1.54, 1.807) is 19.2 Å². The second-order valence-corrected chi connectivity index (χ2v) is 15.9. The van der Waals surface area contributed by atoms with Gasteiger partial charge in [0.2, 0.25) is 0 Å². The van der Waals surface area contributed by atoms with E-state index in [1.165, 1.54) is 60.8 Å². The summed E-state index contributed by atoms with van der Waals surface area (Å²) in [4.78, 5) is 0. The molecule has 0 N–H and O–H groups in total. The van der Waals surface area contributed by atoms with E-state index in [0.717, 1.165) is 33.2 Å². The molecule has 1 aliphatic heterocycles. The smallest absolute Gasteiger partial charge is 0.178 e. The van der Waals surface area contributed by atoms with Crippen molar-refractivity contribution in [1.82, 2.24) is 0 Å². The highest BCUT2D eigenvalue weighted by atomic mass is 19.1. The number of methoxy groups -OCH3 is 1. The molecule has 1 unspecified atom stereocenters. The highest BCUT2D eigenvalue weighted by Gasteiger charge is 2.46. The van der Waals surface area contributed by atoms with E-state index in [0.29, 0.717) is 5.75 Å². The fourth-order valence-corrected chi connectivity index (χ4v) is 9.63. The number of rotatable bonds is 3. The molecule has 0 spiro atoms. The molecule has 2 nitrogen and oxygen atoms in total. The van der Waals surface area contributed by atoms with E-state index >= 15 is 4.39 Å². The Bertz CT molecular complexity index is 2710. The molecule has 3 heteroatoms. The lowest BCUT2D eigenvalue weighted by atomic mass is 9.75. The van der Waals surface area contributed by atoms with Crippen molar-refractivity contribution in [2.24, 2.45) is 0 Å². The number of fused-ring (bicyclic) bond motifs is 13. The third-order valence-corrected chi connectivity index (χ3v) is 12.3. The van der Waals surface area contributed by atoms with Crippen molar-refractivity contribution in [3.63, 3.8) is 0 Å². The van der Waals surface area contributed by atoms with Gasteiger partial charge in [0, 0.05) is 32.9 Å². The molecule has 52 heavy (non-hydrogen) atoms. The van der Waals surface area contributed by atoms with Gasteiger partial charge in [-0.15, -0.1) is 0 Å². The van der Waals surface area contributed by atoms with E-state index in [-0.39, 0.29) is 16.6 Å². The van der Waals surface area contributed by atoms with Crippen molar-refractivity contribution < 1.29 is 13.9 Å². The Kier molecular flexibility index (Phi) is 6.25. The van der Waals surface area contributed by atoms with Crippen LogP contribution in [0.5, 0.6) is 11.5 Å². The molecule has 2 aliphatic carbocycles. The largest absolute Gasteiger partial charge is 0.497 e. The van der Waals surface area contributed by atoms with Gasteiger partial charge in [-0.25, -0.2) is 4.39 Å². The van der Waals surface area contributed by atoms with Crippen molar-refractivity contribution in [1.29, 1.82) is 0 Å². The number of halogens is 1. The van der Waals surface area contributed by atoms with Crippen LogP contribution in [0.4, 0.5) is 4.39 Å². The van der Waals surface area contributed by atoms with Crippen molar-refractivity contribution in [3.05, 3.63) is 172 Å². The monoisotopic (exact) mass is 678 g/mol. The van der Waals surface area contributed by atoms with Gasteiger partial charge in [0.05, 0.1) is 7.11 Å². The molecule has 10 rings (SSSR count). The lowest BCUT2D eigenvalue weighted by Gasteiger charge is -2.39. The lowest BCUT2D eigenvalue weighted by molar-refractivity contribution is 0.163. The number of aryl methyl sites for hydroxylation is 1. The molecular formula is C49H39FO2. The van der Waals surface area contributed by atoms with Gasteiger partial charge in [-0.05, 0) is 104 Å². The maximum Gasteiger partial charge on any atom is 0.178 e. The summed E-state index contributed by atoms with van der Waals surface area (Å²) >= 11 is 0. The molecule has 1 atom stereocenters. The minimum absolute atomic E-state index is 0.229. The number of benzene rings is 7. The van der Waals surface area contributed by atoms with Crippen molar-refractivity contribution in [3.8, 4) is 33.8 Å². The van der Waals surface area contributed by atoms with E-state index in [2.05, 4.69) is 132 Å². The molecule has 0 fully saturated rings. The molecule has 0 radical (unpaired) electrons. The minimum Gasteiger partial charge on any atom is -0.497 e. The summed E-state index contributed by atoms with van der Waals surface area (Å²) in [6.45, 7) is 11.4. The first-order chi connectivity index (χ1) is 25.0. The number of hydrogen-bond acceptors (Lipinski definition) is 2. The second kappa shape index (κ2) is 10.4. The molecule has 0 saturated heterocycles. The SMILES string of the molecule is COc1ccc(C2(c3ccc4c(c3)C(C)(C)c3ccc5ccccc5c3-4)C=Cc3c4c(c5ccc(F)cc5c3O2)-c2ccc(C)cc2C4(C)C)cc1. The Hall–Kier alpha value is -5.67. The first-order valence-corrected chi connectivity index (χ1v) is 18.1. The summed E-state index contributed by atoms with van der Waals surface area (Å²) in [7, 11) is 1.69. The summed E-state index contributed by atoms with van der Waals surface area (Å²) in [6.07, 6.45) is 4.46.